The van der Waals surface area contributed by atoms with E-state index in [0.29, 0.717) is 37.9 Å². The molecule has 12 heteroatoms. The Bertz CT molecular complexity index is 1620. The molecule has 1 atom stereocenters. The van der Waals surface area contributed by atoms with Crippen molar-refractivity contribution in [1.82, 2.24) is 10.2 Å². The number of benzene rings is 3. The molecule has 3 aromatic carbocycles. The number of methoxy groups -OCH3 is 1. The topological polar surface area (TPSA) is 96.0 Å². The Balaban J connectivity index is 1.74. The van der Waals surface area contributed by atoms with Crippen LogP contribution in [0.25, 0.3) is 0 Å². The van der Waals surface area contributed by atoms with E-state index >= 15 is 0 Å². The number of carbonyl (C=O) groups is 2. The highest BCUT2D eigenvalue weighted by Gasteiger charge is 2.35. The summed E-state index contributed by atoms with van der Waals surface area (Å²) in [6, 6.07) is 15.4. The van der Waals surface area contributed by atoms with Crippen molar-refractivity contribution in [2.24, 2.45) is 0 Å². The van der Waals surface area contributed by atoms with Crippen LogP contribution >= 0.6 is 39.1 Å². The summed E-state index contributed by atoms with van der Waals surface area (Å²) < 4.78 is 35.2. The molecule has 1 saturated carbocycles. The monoisotopic (exact) mass is 737 g/mol. The highest BCUT2D eigenvalue weighted by atomic mass is 79.9. The number of sulfonamides is 1. The van der Waals surface area contributed by atoms with Crippen LogP contribution in [0, 0.1) is 6.92 Å². The number of halogens is 3. The molecule has 0 unspecified atom stereocenters. The minimum Gasteiger partial charge on any atom is -0.496 e. The van der Waals surface area contributed by atoms with Gasteiger partial charge in [0.25, 0.3) is 10.0 Å². The molecule has 4 rings (SSSR count). The maximum absolute atomic E-state index is 14.4. The molecule has 2 amide bonds. The molecule has 3 aromatic rings. The van der Waals surface area contributed by atoms with Crippen LogP contribution in [0.4, 0.5) is 5.69 Å². The molecule has 0 aromatic heterocycles. The largest absolute Gasteiger partial charge is 0.496 e. The number of ether oxygens (including phenoxy) is 1. The van der Waals surface area contributed by atoms with E-state index in [1.165, 1.54) is 24.1 Å². The first kappa shape index (κ1) is 35.1. The van der Waals surface area contributed by atoms with Gasteiger partial charge >= 0.3 is 0 Å². The lowest BCUT2D eigenvalue weighted by Gasteiger charge is -2.34. The summed E-state index contributed by atoms with van der Waals surface area (Å²) in [6.07, 6.45) is 5.30. The molecule has 0 heterocycles. The van der Waals surface area contributed by atoms with E-state index in [2.05, 4.69) is 21.2 Å². The fourth-order valence-corrected chi connectivity index (χ4v) is 8.07. The smallest absolute Gasteiger partial charge is 0.264 e. The summed E-state index contributed by atoms with van der Waals surface area (Å²) in [4.78, 5) is 29.5. The second-order valence-corrected chi connectivity index (χ2v) is 14.7. The molecule has 0 aliphatic heterocycles. The Morgan fingerprint density at radius 2 is 1.71 bits per heavy atom. The summed E-state index contributed by atoms with van der Waals surface area (Å²) in [5.74, 6) is -0.359. The maximum atomic E-state index is 14.4. The molecule has 0 spiro atoms. The fourth-order valence-electron chi connectivity index (χ4n) is 5.47. The average molecular weight is 740 g/mol. The van der Waals surface area contributed by atoms with Crippen molar-refractivity contribution >= 4 is 66.7 Å². The number of carbonyl (C=O) groups excluding carboxylic acids is 2. The maximum Gasteiger partial charge on any atom is 0.264 e. The van der Waals surface area contributed by atoms with E-state index < -0.39 is 28.5 Å². The highest BCUT2D eigenvalue weighted by molar-refractivity contribution is 9.10. The quantitative estimate of drug-likeness (QED) is 0.207. The minimum absolute atomic E-state index is 0.0126. The zero-order chi connectivity index (χ0) is 32.7. The number of nitrogens with one attached hydrogen (secondary N) is 1. The van der Waals surface area contributed by atoms with Gasteiger partial charge in [-0.3, -0.25) is 13.9 Å². The van der Waals surface area contributed by atoms with Gasteiger partial charge in [0.05, 0.1) is 22.2 Å². The molecular weight excluding hydrogens is 701 g/mol. The van der Waals surface area contributed by atoms with Crippen molar-refractivity contribution < 1.29 is 22.7 Å². The van der Waals surface area contributed by atoms with Crippen LogP contribution in [0.2, 0.25) is 10.0 Å². The zero-order valence-corrected chi connectivity index (χ0v) is 29.5. The second-order valence-electron chi connectivity index (χ2n) is 11.2. The van der Waals surface area contributed by atoms with E-state index in [-0.39, 0.29) is 23.4 Å². The fraction of sp³-hybridized carbons (Fsp3) is 0.394. The summed E-state index contributed by atoms with van der Waals surface area (Å²) in [7, 11) is -2.76. The van der Waals surface area contributed by atoms with Gasteiger partial charge in [-0.15, -0.1) is 0 Å². The number of anilines is 1. The number of nitrogens with zero attached hydrogens (tertiary/aromatic N) is 2. The minimum atomic E-state index is -4.25. The standard InChI is InChI=1S/C33H38BrCl2N3O5S/c1-4-30(33(41)37-25-8-6-5-7-9-25)38(20-23-12-13-24(35)18-29(23)36)32(40)21-39(26-14-10-22(2)11-15-26)45(42,43)27-16-17-31(44-3)28(34)19-27/h10-19,25,30H,4-9,20-21H2,1-3H3,(H,37,41)/t30-/m0/s1. The van der Waals surface area contributed by atoms with Crippen molar-refractivity contribution in [2.45, 2.75) is 75.9 Å². The number of hydrogen-bond donors (Lipinski definition) is 1. The highest BCUT2D eigenvalue weighted by Crippen LogP contribution is 2.32. The van der Waals surface area contributed by atoms with Gasteiger partial charge in [-0.05, 0) is 90.1 Å². The Kier molecular flexibility index (Phi) is 12.2. The predicted octanol–water partition coefficient (Wildman–Crippen LogP) is 7.52. The summed E-state index contributed by atoms with van der Waals surface area (Å²) >= 11 is 16.0. The first-order valence-corrected chi connectivity index (χ1v) is 17.9. The van der Waals surface area contributed by atoms with Gasteiger partial charge in [0.2, 0.25) is 11.8 Å². The molecule has 242 valence electrons. The number of hydrogen-bond acceptors (Lipinski definition) is 5. The average Bonchev–Trinajstić information content (AvgIpc) is 3.01. The lowest BCUT2D eigenvalue weighted by molar-refractivity contribution is -0.140. The van der Waals surface area contributed by atoms with Crippen molar-refractivity contribution in [2.75, 3.05) is 18.0 Å². The van der Waals surface area contributed by atoms with E-state index in [1.807, 2.05) is 13.8 Å². The van der Waals surface area contributed by atoms with Crippen LogP contribution in [0.3, 0.4) is 0 Å². The normalized spacial score (nSPS) is 14.4. The first-order chi connectivity index (χ1) is 21.4. The SMILES string of the molecule is CC[C@@H](C(=O)NC1CCCCC1)N(Cc1ccc(Cl)cc1Cl)C(=O)CN(c1ccc(C)cc1)S(=O)(=O)c1ccc(OC)c(Br)c1. The summed E-state index contributed by atoms with van der Waals surface area (Å²) in [6.45, 7) is 3.16. The lowest BCUT2D eigenvalue weighted by atomic mass is 9.95. The second kappa shape index (κ2) is 15.7. The molecule has 45 heavy (non-hydrogen) atoms. The predicted molar refractivity (Wildman–Crippen MR) is 183 cm³/mol. The molecule has 0 radical (unpaired) electrons. The third kappa shape index (κ3) is 8.73. The van der Waals surface area contributed by atoms with E-state index in [1.54, 1.807) is 48.5 Å². The van der Waals surface area contributed by atoms with E-state index in [4.69, 9.17) is 27.9 Å². The molecular formula is C33H38BrCl2N3O5S. The Morgan fingerprint density at radius 1 is 1.02 bits per heavy atom. The van der Waals surface area contributed by atoms with Crippen molar-refractivity contribution in [1.29, 1.82) is 0 Å². The van der Waals surface area contributed by atoms with Crippen LogP contribution in [-0.2, 0) is 26.2 Å². The van der Waals surface area contributed by atoms with Crippen LogP contribution in [0.15, 0.2) is 70.0 Å². The Morgan fingerprint density at radius 3 is 2.31 bits per heavy atom. The number of amides is 2. The summed E-state index contributed by atoms with van der Waals surface area (Å²) in [5, 5.41) is 3.92. The molecule has 8 nitrogen and oxygen atoms in total. The zero-order valence-electron chi connectivity index (χ0n) is 25.6. The number of rotatable bonds is 12. The van der Waals surface area contributed by atoms with Gasteiger partial charge in [0, 0.05) is 22.6 Å². The van der Waals surface area contributed by atoms with E-state index in [9.17, 15) is 18.0 Å². The van der Waals surface area contributed by atoms with Crippen molar-refractivity contribution in [3.05, 3.63) is 86.3 Å². The van der Waals surface area contributed by atoms with Crippen LogP contribution in [-0.4, -0.2) is 50.9 Å². The Labute approximate surface area is 284 Å². The molecule has 1 aliphatic carbocycles. The van der Waals surface area contributed by atoms with Crippen LogP contribution in [0.1, 0.15) is 56.6 Å². The van der Waals surface area contributed by atoms with Crippen LogP contribution < -0.4 is 14.4 Å². The van der Waals surface area contributed by atoms with Gasteiger partial charge in [-0.1, -0.05) is 73.2 Å². The number of aryl methyl sites for hydroxylation is 1. The van der Waals surface area contributed by atoms with Gasteiger partial charge in [0.1, 0.15) is 18.3 Å². The van der Waals surface area contributed by atoms with Crippen LogP contribution in [0.5, 0.6) is 5.75 Å². The molecule has 0 saturated heterocycles. The molecule has 0 bridgehead atoms. The Hall–Kier alpha value is -2.79. The van der Waals surface area contributed by atoms with Gasteiger partial charge in [-0.2, -0.15) is 0 Å². The van der Waals surface area contributed by atoms with Crippen molar-refractivity contribution in [3.63, 3.8) is 0 Å². The molecule has 1 fully saturated rings. The van der Waals surface area contributed by atoms with Gasteiger partial charge < -0.3 is 15.0 Å². The third-order valence-corrected chi connectivity index (χ3v) is 11.0. The lowest BCUT2D eigenvalue weighted by Crippen LogP contribution is -2.54. The van der Waals surface area contributed by atoms with Crippen molar-refractivity contribution in [3.8, 4) is 5.75 Å². The third-order valence-electron chi connectivity index (χ3n) is 8.01. The van der Waals surface area contributed by atoms with Gasteiger partial charge in [-0.25, -0.2) is 8.42 Å². The van der Waals surface area contributed by atoms with Gasteiger partial charge in [0.15, 0.2) is 0 Å². The summed E-state index contributed by atoms with van der Waals surface area (Å²) in [5.41, 5.74) is 1.83. The molecule has 1 N–H and O–H groups in total. The van der Waals surface area contributed by atoms with E-state index in [0.717, 1.165) is 42.0 Å². The molecule has 1 aliphatic rings. The first-order valence-electron chi connectivity index (χ1n) is 14.9.